The molecule has 0 aromatic carbocycles. The lowest BCUT2D eigenvalue weighted by Gasteiger charge is -2.19. The molecule has 0 aliphatic heterocycles. The second-order valence-electron chi connectivity index (χ2n) is 14.0. The first kappa shape index (κ1) is 48.6. The number of phosphoric ester groups is 1. The van der Waals surface area contributed by atoms with Crippen molar-refractivity contribution in [2.45, 2.75) is 167 Å². The van der Waals surface area contributed by atoms with Crippen molar-refractivity contribution in [3.8, 4) is 0 Å². The Balaban J connectivity index is 2.30. The first-order chi connectivity index (χ1) is 25.5. The minimum absolute atomic E-state index is 0.00880. The number of ether oxygens (including phenoxy) is 2. The van der Waals surface area contributed by atoms with E-state index in [1.165, 1.54) is 0 Å². The van der Waals surface area contributed by atoms with E-state index in [1.54, 1.807) is 12.2 Å². The van der Waals surface area contributed by atoms with Gasteiger partial charge < -0.3 is 29.5 Å². The van der Waals surface area contributed by atoms with Crippen LogP contribution in [0.2, 0.25) is 0 Å². The molecule has 0 radical (unpaired) electrons. The van der Waals surface area contributed by atoms with Crippen molar-refractivity contribution in [3.63, 3.8) is 0 Å². The predicted molar refractivity (Wildman–Crippen MR) is 208 cm³/mol. The fourth-order valence-corrected chi connectivity index (χ4v) is 6.59. The zero-order chi connectivity index (χ0) is 39.2. The van der Waals surface area contributed by atoms with E-state index >= 15 is 0 Å². The van der Waals surface area contributed by atoms with E-state index < -0.39 is 50.6 Å². The highest BCUT2D eigenvalue weighted by atomic mass is 31.2. The Morgan fingerprint density at radius 1 is 0.811 bits per heavy atom. The van der Waals surface area contributed by atoms with E-state index in [2.05, 4.69) is 54.8 Å². The molecule has 0 aromatic rings. The molecular formula is C41H69O11P. The van der Waals surface area contributed by atoms with Crippen molar-refractivity contribution >= 4 is 25.5 Å². The number of allylic oxidation sites excluding steroid dienone is 7. The van der Waals surface area contributed by atoms with Gasteiger partial charge in [0.2, 0.25) is 0 Å². The van der Waals surface area contributed by atoms with Gasteiger partial charge in [-0.15, -0.1) is 0 Å². The van der Waals surface area contributed by atoms with Crippen molar-refractivity contribution in [3.05, 3.63) is 48.6 Å². The highest BCUT2D eigenvalue weighted by Crippen LogP contribution is 2.36. The van der Waals surface area contributed by atoms with Crippen LogP contribution in [0.4, 0.5) is 0 Å². The molecule has 0 amide bonds. The van der Waals surface area contributed by atoms with Crippen LogP contribution in [0.15, 0.2) is 48.6 Å². The van der Waals surface area contributed by atoms with E-state index in [-0.39, 0.29) is 37.6 Å². The highest BCUT2D eigenvalue weighted by molar-refractivity contribution is 7.46. The summed E-state index contributed by atoms with van der Waals surface area (Å²) in [6.07, 6.45) is 30.2. The van der Waals surface area contributed by atoms with E-state index in [4.69, 9.17) is 19.3 Å². The Kier molecular flexibility index (Phi) is 28.3. The quantitative estimate of drug-likeness (QED) is 0.0223. The Morgan fingerprint density at radius 3 is 2.11 bits per heavy atom. The molecule has 5 atom stereocenters. The highest BCUT2D eigenvalue weighted by Gasteiger charge is 2.39. The topological polar surface area (TPSA) is 177 Å². The molecule has 1 fully saturated rings. The average molecular weight is 769 g/mol. The first-order valence-electron chi connectivity index (χ1n) is 20.0. The minimum Gasteiger partial charge on any atom is -0.462 e. The molecule has 0 heterocycles. The molecule has 0 unspecified atom stereocenters. The first-order valence-corrected chi connectivity index (χ1v) is 21.6. The van der Waals surface area contributed by atoms with E-state index in [0.717, 1.165) is 83.5 Å². The third-order valence-corrected chi connectivity index (χ3v) is 9.72. The number of carbonyl (C=O) groups excluding carboxylic acids is 3. The van der Waals surface area contributed by atoms with Crippen LogP contribution in [0.5, 0.6) is 0 Å². The van der Waals surface area contributed by atoms with Gasteiger partial charge >= 0.3 is 19.8 Å². The largest absolute Gasteiger partial charge is 0.469 e. The standard InChI is InChI=1S/C41H69O11P/c1-3-5-7-8-9-10-11-12-13-14-15-16-17-18-23-27-40(45)50-32-35(33-51-53(47,48)49)52-41(46)28-24-20-19-22-26-36-37(39(44)31-38(36)43)30-29-34(42)25-21-6-4-2/h5,7,9-10,12-13,29-30,34-38,42-43H,3-4,6,8,11,14-28,31-33H2,1-2H3,(H2,47,48,49)/b7-5-,10-9-,13-12-,30-29+/t34-,35+,36+,37+,38-/m0/s1. The van der Waals surface area contributed by atoms with Gasteiger partial charge in [0.25, 0.3) is 0 Å². The van der Waals surface area contributed by atoms with Gasteiger partial charge in [0, 0.05) is 25.2 Å². The zero-order valence-corrected chi connectivity index (χ0v) is 33.3. The van der Waals surface area contributed by atoms with Gasteiger partial charge in [-0.3, -0.25) is 18.9 Å². The summed E-state index contributed by atoms with van der Waals surface area (Å²) in [5, 5.41) is 20.7. The van der Waals surface area contributed by atoms with Gasteiger partial charge in [-0.1, -0.05) is 120 Å². The Labute approximate surface area is 318 Å². The van der Waals surface area contributed by atoms with Crippen LogP contribution in [-0.2, 0) is 32.9 Å². The molecule has 12 heteroatoms. The summed E-state index contributed by atoms with van der Waals surface area (Å²) in [5.41, 5.74) is 0. The van der Waals surface area contributed by atoms with E-state index in [1.807, 2.05) is 0 Å². The fraction of sp³-hybridized carbons (Fsp3) is 0.732. The van der Waals surface area contributed by atoms with Crippen molar-refractivity contribution in [1.29, 1.82) is 0 Å². The number of Topliss-reactive ketones (excluding diaryl/α,β-unsaturated/α-hetero) is 1. The summed E-state index contributed by atoms with van der Waals surface area (Å²) in [4.78, 5) is 55.5. The number of phosphoric acid groups is 1. The number of aliphatic hydroxyl groups excluding tert-OH is 2. The van der Waals surface area contributed by atoms with Gasteiger partial charge in [-0.25, -0.2) is 4.57 Å². The number of rotatable bonds is 32. The average Bonchev–Trinajstić information content (AvgIpc) is 3.38. The van der Waals surface area contributed by atoms with Crippen molar-refractivity contribution < 1.29 is 52.9 Å². The second-order valence-corrected chi connectivity index (χ2v) is 15.2. The molecule has 1 rings (SSSR count). The van der Waals surface area contributed by atoms with Gasteiger partial charge in [0.1, 0.15) is 12.4 Å². The number of unbranched alkanes of at least 4 members (excludes halogenated alkanes) is 10. The molecular weight excluding hydrogens is 699 g/mol. The van der Waals surface area contributed by atoms with Gasteiger partial charge in [0.15, 0.2) is 6.10 Å². The molecule has 0 bridgehead atoms. The van der Waals surface area contributed by atoms with Gasteiger partial charge in [-0.05, 0) is 63.7 Å². The Bertz CT molecular complexity index is 1160. The van der Waals surface area contributed by atoms with Crippen LogP contribution in [0.3, 0.4) is 0 Å². The molecule has 0 spiro atoms. The summed E-state index contributed by atoms with van der Waals surface area (Å²) in [5.74, 6) is -1.67. The summed E-state index contributed by atoms with van der Waals surface area (Å²) < 4.78 is 26.3. The Morgan fingerprint density at radius 2 is 1.43 bits per heavy atom. The molecule has 4 N–H and O–H groups in total. The summed E-state index contributed by atoms with van der Waals surface area (Å²) in [6.45, 7) is 3.24. The molecule has 0 aromatic heterocycles. The summed E-state index contributed by atoms with van der Waals surface area (Å²) >= 11 is 0. The van der Waals surface area contributed by atoms with Gasteiger partial charge in [-0.2, -0.15) is 0 Å². The smallest absolute Gasteiger partial charge is 0.462 e. The van der Waals surface area contributed by atoms with Gasteiger partial charge in [0.05, 0.1) is 18.8 Å². The third kappa shape index (κ3) is 26.9. The van der Waals surface area contributed by atoms with Crippen LogP contribution < -0.4 is 0 Å². The molecule has 1 saturated carbocycles. The lowest BCUT2D eigenvalue weighted by atomic mass is 9.88. The maximum atomic E-state index is 12.5. The number of ketones is 1. The lowest BCUT2D eigenvalue weighted by molar-refractivity contribution is -0.161. The maximum Gasteiger partial charge on any atom is 0.469 e. The number of esters is 2. The summed E-state index contributed by atoms with van der Waals surface area (Å²) in [7, 11) is -4.82. The number of hydrogen-bond donors (Lipinski definition) is 4. The molecule has 304 valence electrons. The molecule has 1 aliphatic rings. The SMILES string of the molecule is CC/C=C\C/C=C\C/C=C\CCCCCCCC(=O)OC[C@H](COP(=O)(O)O)OC(=O)CCCCCC[C@H]1[C@@H](O)CC(=O)[C@@H]1/C=C/[C@@H](O)CCCCC. The Hall–Kier alpha value is -2.40. The van der Waals surface area contributed by atoms with Crippen LogP contribution >= 0.6 is 7.82 Å². The van der Waals surface area contributed by atoms with Crippen molar-refractivity contribution in [1.82, 2.24) is 0 Å². The maximum absolute atomic E-state index is 12.5. The van der Waals surface area contributed by atoms with Crippen LogP contribution in [-0.4, -0.2) is 69.2 Å². The molecule has 11 nitrogen and oxygen atoms in total. The van der Waals surface area contributed by atoms with E-state index in [9.17, 15) is 29.2 Å². The molecule has 1 aliphatic carbocycles. The van der Waals surface area contributed by atoms with Crippen LogP contribution in [0, 0.1) is 11.8 Å². The normalized spacial score (nSPS) is 19.3. The van der Waals surface area contributed by atoms with Crippen LogP contribution in [0.25, 0.3) is 0 Å². The number of hydrogen-bond acceptors (Lipinski definition) is 9. The minimum atomic E-state index is -4.82. The third-order valence-electron chi connectivity index (χ3n) is 9.24. The molecule has 53 heavy (non-hydrogen) atoms. The number of carbonyl (C=O) groups is 3. The number of aliphatic hydroxyl groups is 2. The summed E-state index contributed by atoms with van der Waals surface area (Å²) in [6, 6.07) is 0. The second kappa shape index (κ2) is 30.9. The van der Waals surface area contributed by atoms with E-state index in [0.29, 0.717) is 32.1 Å². The zero-order valence-electron chi connectivity index (χ0n) is 32.4. The van der Waals surface area contributed by atoms with Crippen LogP contribution in [0.1, 0.15) is 149 Å². The monoisotopic (exact) mass is 768 g/mol. The van der Waals surface area contributed by atoms with Crippen molar-refractivity contribution in [2.24, 2.45) is 11.8 Å². The lowest BCUT2D eigenvalue weighted by Crippen LogP contribution is -2.29. The fourth-order valence-electron chi connectivity index (χ4n) is 6.23. The molecule has 0 saturated heterocycles. The van der Waals surface area contributed by atoms with Crippen molar-refractivity contribution in [2.75, 3.05) is 13.2 Å². The predicted octanol–water partition coefficient (Wildman–Crippen LogP) is 8.54.